The van der Waals surface area contributed by atoms with E-state index in [9.17, 15) is 18.8 Å². The number of ether oxygens (including phenoxy) is 2. The fourth-order valence-electron chi connectivity index (χ4n) is 2.69. The minimum Gasteiger partial charge on any atom is -0.494 e. The molecule has 1 N–H and O–H groups in total. The highest BCUT2D eigenvalue weighted by Gasteiger charge is 2.18. The van der Waals surface area contributed by atoms with E-state index in [-0.39, 0.29) is 28.5 Å². The molecule has 0 aromatic heterocycles. The monoisotopic (exact) mass is 407 g/mol. The van der Waals surface area contributed by atoms with Crippen molar-refractivity contribution < 1.29 is 28.2 Å². The summed E-state index contributed by atoms with van der Waals surface area (Å²) in [5, 5.41) is 2.66. The van der Waals surface area contributed by atoms with Crippen molar-refractivity contribution in [2.24, 2.45) is 0 Å². The van der Waals surface area contributed by atoms with Crippen LogP contribution in [0.15, 0.2) is 72.8 Å². The van der Waals surface area contributed by atoms with Gasteiger partial charge in [0.15, 0.2) is 24.0 Å². The summed E-state index contributed by atoms with van der Waals surface area (Å²) in [6.45, 7) is -0.578. The fourth-order valence-corrected chi connectivity index (χ4v) is 2.69. The van der Waals surface area contributed by atoms with Crippen molar-refractivity contribution in [1.29, 1.82) is 0 Å². The summed E-state index contributed by atoms with van der Waals surface area (Å²) < 4.78 is 23.6. The van der Waals surface area contributed by atoms with Gasteiger partial charge in [0.25, 0.3) is 5.91 Å². The zero-order valence-electron chi connectivity index (χ0n) is 16.1. The molecule has 0 aliphatic heterocycles. The maximum atomic E-state index is 13.8. The number of carbonyl (C=O) groups is 3. The van der Waals surface area contributed by atoms with Crippen molar-refractivity contribution in [2.75, 3.05) is 19.0 Å². The van der Waals surface area contributed by atoms with Gasteiger partial charge in [0, 0.05) is 11.1 Å². The molecule has 3 aromatic rings. The lowest BCUT2D eigenvalue weighted by Gasteiger charge is -2.11. The number of esters is 1. The third-order valence-corrected chi connectivity index (χ3v) is 4.24. The summed E-state index contributed by atoms with van der Waals surface area (Å²) in [5.74, 6) is -2.44. The third-order valence-electron chi connectivity index (χ3n) is 4.24. The first-order valence-electron chi connectivity index (χ1n) is 8.99. The molecule has 0 saturated carbocycles. The number of hydrogen-bond acceptors (Lipinski definition) is 5. The van der Waals surface area contributed by atoms with Gasteiger partial charge in [0.1, 0.15) is 0 Å². The maximum Gasteiger partial charge on any atom is 0.340 e. The van der Waals surface area contributed by atoms with Gasteiger partial charge in [0.2, 0.25) is 0 Å². The molecule has 0 radical (unpaired) electrons. The molecule has 1 amide bonds. The molecule has 152 valence electrons. The van der Waals surface area contributed by atoms with Crippen molar-refractivity contribution in [3.05, 3.63) is 95.3 Å². The predicted octanol–water partition coefficient (Wildman–Crippen LogP) is 4.13. The number of amides is 1. The lowest BCUT2D eigenvalue weighted by Crippen LogP contribution is -2.18. The van der Waals surface area contributed by atoms with E-state index in [1.54, 1.807) is 48.5 Å². The number of para-hydroxylation sites is 1. The van der Waals surface area contributed by atoms with Gasteiger partial charge in [-0.15, -0.1) is 0 Å². The van der Waals surface area contributed by atoms with Gasteiger partial charge < -0.3 is 14.8 Å². The Hall–Kier alpha value is -4.00. The van der Waals surface area contributed by atoms with E-state index >= 15 is 0 Å². The highest BCUT2D eigenvalue weighted by Crippen LogP contribution is 2.20. The first kappa shape index (κ1) is 20.7. The van der Waals surface area contributed by atoms with Crippen LogP contribution < -0.4 is 10.1 Å². The van der Waals surface area contributed by atoms with Crippen molar-refractivity contribution in [2.45, 2.75) is 0 Å². The Balaban J connectivity index is 1.68. The minimum atomic E-state index is -0.790. The largest absolute Gasteiger partial charge is 0.494 e. The van der Waals surface area contributed by atoms with Crippen LogP contribution in [0.2, 0.25) is 0 Å². The summed E-state index contributed by atoms with van der Waals surface area (Å²) in [4.78, 5) is 37.1. The molecule has 0 bridgehead atoms. The summed E-state index contributed by atoms with van der Waals surface area (Å²) in [6, 6.07) is 18.5. The molecule has 0 spiro atoms. The first-order valence-corrected chi connectivity index (χ1v) is 8.99. The summed E-state index contributed by atoms with van der Waals surface area (Å²) in [5.41, 5.74) is 0.818. The first-order chi connectivity index (χ1) is 14.5. The fraction of sp³-hybridized carbons (Fsp3) is 0.0870. The van der Waals surface area contributed by atoms with Crippen LogP contribution in [0.1, 0.15) is 31.1 Å². The van der Waals surface area contributed by atoms with Crippen molar-refractivity contribution in [1.82, 2.24) is 0 Å². The Labute approximate surface area is 172 Å². The highest BCUT2D eigenvalue weighted by molar-refractivity contribution is 6.08. The average Bonchev–Trinajstić information content (AvgIpc) is 2.78. The number of anilines is 1. The highest BCUT2D eigenvalue weighted by atomic mass is 19.1. The zero-order chi connectivity index (χ0) is 21.5. The number of methoxy groups -OCH3 is 1. The molecule has 0 saturated heterocycles. The maximum absolute atomic E-state index is 13.8. The van der Waals surface area contributed by atoms with Crippen LogP contribution in [-0.4, -0.2) is 31.4 Å². The number of ketones is 1. The van der Waals surface area contributed by atoms with E-state index in [0.29, 0.717) is 5.56 Å². The second-order valence-corrected chi connectivity index (χ2v) is 6.21. The van der Waals surface area contributed by atoms with Crippen LogP contribution in [0.5, 0.6) is 5.75 Å². The van der Waals surface area contributed by atoms with Gasteiger partial charge in [-0.3, -0.25) is 9.59 Å². The zero-order valence-corrected chi connectivity index (χ0v) is 16.1. The van der Waals surface area contributed by atoms with E-state index in [4.69, 9.17) is 9.47 Å². The van der Waals surface area contributed by atoms with E-state index in [0.717, 1.165) is 6.07 Å². The molecule has 0 unspecified atom stereocenters. The molecule has 30 heavy (non-hydrogen) atoms. The quantitative estimate of drug-likeness (QED) is 0.471. The smallest absolute Gasteiger partial charge is 0.340 e. The summed E-state index contributed by atoms with van der Waals surface area (Å²) >= 11 is 0. The van der Waals surface area contributed by atoms with Crippen LogP contribution in [0.25, 0.3) is 0 Å². The molecule has 7 heteroatoms. The number of halogens is 1. The van der Waals surface area contributed by atoms with Crippen molar-refractivity contribution in [3.63, 3.8) is 0 Å². The predicted molar refractivity (Wildman–Crippen MR) is 108 cm³/mol. The average molecular weight is 407 g/mol. The topological polar surface area (TPSA) is 81.7 Å². The van der Waals surface area contributed by atoms with Crippen molar-refractivity contribution >= 4 is 23.3 Å². The SMILES string of the molecule is COc1ccc(C(=O)COC(=O)c2ccccc2NC(=O)c2ccccc2)cc1F. The normalized spacial score (nSPS) is 10.2. The Morgan fingerprint density at radius 2 is 1.60 bits per heavy atom. The number of rotatable bonds is 7. The molecule has 6 nitrogen and oxygen atoms in total. The molecule has 3 aromatic carbocycles. The van der Waals surface area contributed by atoms with E-state index in [1.165, 1.54) is 25.3 Å². The second-order valence-electron chi connectivity index (χ2n) is 6.21. The summed E-state index contributed by atoms with van der Waals surface area (Å²) in [7, 11) is 1.32. The Kier molecular flexibility index (Phi) is 6.54. The molecular formula is C23H18FNO5. The molecule has 0 aliphatic carbocycles. The van der Waals surface area contributed by atoms with Crippen LogP contribution in [0.4, 0.5) is 10.1 Å². The number of hydrogen-bond donors (Lipinski definition) is 1. The van der Waals surface area contributed by atoms with Crippen LogP contribution in [0.3, 0.4) is 0 Å². The molecule has 0 atom stereocenters. The number of benzene rings is 3. The van der Waals surface area contributed by atoms with Crippen LogP contribution in [-0.2, 0) is 4.74 Å². The molecule has 0 heterocycles. The van der Waals surface area contributed by atoms with Gasteiger partial charge in [-0.2, -0.15) is 0 Å². The summed E-state index contributed by atoms with van der Waals surface area (Å²) in [6.07, 6.45) is 0. The lowest BCUT2D eigenvalue weighted by atomic mass is 10.1. The van der Waals surface area contributed by atoms with Crippen molar-refractivity contribution in [3.8, 4) is 5.75 Å². The van der Waals surface area contributed by atoms with Gasteiger partial charge in [0.05, 0.1) is 18.4 Å². The van der Waals surface area contributed by atoms with E-state index in [2.05, 4.69) is 5.32 Å². The van der Waals surface area contributed by atoms with E-state index in [1.807, 2.05) is 0 Å². The van der Waals surface area contributed by atoms with Crippen LogP contribution in [0, 0.1) is 5.82 Å². The van der Waals surface area contributed by atoms with Crippen LogP contribution >= 0.6 is 0 Å². The van der Waals surface area contributed by atoms with Gasteiger partial charge in [-0.25, -0.2) is 9.18 Å². The lowest BCUT2D eigenvalue weighted by molar-refractivity contribution is 0.0475. The third kappa shape index (κ3) is 4.88. The molecule has 3 rings (SSSR count). The second kappa shape index (κ2) is 9.47. The van der Waals surface area contributed by atoms with Gasteiger partial charge in [-0.1, -0.05) is 30.3 Å². The Bertz CT molecular complexity index is 1080. The molecule has 0 aliphatic rings. The van der Waals surface area contributed by atoms with Gasteiger partial charge in [-0.05, 0) is 42.5 Å². The Morgan fingerprint density at radius 3 is 2.30 bits per heavy atom. The molecule has 0 fully saturated rings. The number of nitrogens with one attached hydrogen (secondary N) is 1. The molecular weight excluding hydrogens is 389 g/mol. The minimum absolute atomic E-state index is 0.00614. The number of Topliss-reactive ketones (excluding diaryl/α,β-unsaturated/α-hetero) is 1. The standard InChI is InChI=1S/C23H18FNO5/c1-29-21-12-11-16(13-18(21)24)20(26)14-30-23(28)17-9-5-6-10-19(17)25-22(27)15-7-3-2-4-8-15/h2-13H,14H2,1H3,(H,25,27). The Morgan fingerprint density at radius 1 is 0.900 bits per heavy atom. The van der Waals surface area contributed by atoms with E-state index < -0.39 is 24.2 Å². The van der Waals surface area contributed by atoms with Gasteiger partial charge >= 0.3 is 5.97 Å². The number of carbonyl (C=O) groups excluding carboxylic acids is 3.